The minimum absolute atomic E-state index is 0.112. The van der Waals surface area contributed by atoms with Crippen molar-refractivity contribution in [2.24, 2.45) is 0 Å². The van der Waals surface area contributed by atoms with Crippen molar-refractivity contribution in [3.63, 3.8) is 0 Å². The first-order valence-corrected chi connectivity index (χ1v) is 5.04. The van der Waals surface area contributed by atoms with Crippen molar-refractivity contribution < 1.29 is 8.39 Å². The monoisotopic (exact) mass is 177 g/mol. The Balaban J connectivity index is 2.38. The third-order valence-electron chi connectivity index (χ3n) is 2.44. The second kappa shape index (κ2) is 3.65. The first-order chi connectivity index (χ1) is 5.22. The van der Waals surface area contributed by atoms with E-state index in [1.54, 1.807) is 0 Å². The van der Waals surface area contributed by atoms with Gasteiger partial charge in [-0.2, -0.15) is 0 Å². The van der Waals surface area contributed by atoms with Crippen molar-refractivity contribution in [1.29, 1.82) is 0 Å². The quantitative estimate of drug-likeness (QED) is 0.699. The van der Waals surface area contributed by atoms with Gasteiger partial charge >= 0.3 is 0 Å². The van der Waals surface area contributed by atoms with E-state index in [4.69, 9.17) is 0 Å². The molecule has 0 saturated heterocycles. The summed E-state index contributed by atoms with van der Waals surface area (Å²) >= 11 is -1.29. The SMILES string of the molecule is CCC1(NS(=O)OC)CCC1. The highest BCUT2D eigenvalue weighted by molar-refractivity contribution is 7.78. The summed E-state index contributed by atoms with van der Waals surface area (Å²) in [5.41, 5.74) is 0.112. The average Bonchev–Trinajstić information content (AvgIpc) is 1.96. The van der Waals surface area contributed by atoms with Gasteiger partial charge in [-0.3, -0.25) is 4.18 Å². The zero-order valence-electron chi connectivity index (χ0n) is 7.05. The van der Waals surface area contributed by atoms with Gasteiger partial charge in [-0.05, 0) is 25.7 Å². The van der Waals surface area contributed by atoms with E-state index >= 15 is 0 Å². The maximum Gasteiger partial charge on any atom is 0.234 e. The lowest BCUT2D eigenvalue weighted by molar-refractivity contribution is 0.210. The zero-order chi connectivity index (χ0) is 8.32. The maximum absolute atomic E-state index is 11.0. The van der Waals surface area contributed by atoms with E-state index in [1.165, 1.54) is 13.5 Å². The Hall–Kier alpha value is 0.0700. The molecule has 1 saturated carbocycles. The zero-order valence-corrected chi connectivity index (χ0v) is 7.87. The van der Waals surface area contributed by atoms with Crippen molar-refractivity contribution in [2.45, 2.75) is 38.1 Å². The van der Waals surface area contributed by atoms with Crippen LogP contribution >= 0.6 is 0 Å². The summed E-state index contributed by atoms with van der Waals surface area (Å²) < 4.78 is 18.6. The van der Waals surface area contributed by atoms with Gasteiger partial charge in [0, 0.05) is 5.54 Å². The van der Waals surface area contributed by atoms with Gasteiger partial charge in [0.15, 0.2) is 0 Å². The van der Waals surface area contributed by atoms with Gasteiger partial charge in [0.2, 0.25) is 11.3 Å². The average molecular weight is 177 g/mol. The Morgan fingerprint density at radius 3 is 2.55 bits per heavy atom. The number of hydrogen-bond acceptors (Lipinski definition) is 2. The fourth-order valence-electron chi connectivity index (χ4n) is 1.35. The van der Waals surface area contributed by atoms with Crippen molar-refractivity contribution in [1.82, 2.24) is 4.72 Å². The Kier molecular flexibility index (Phi) is 3.04. The van der Waals surface area contributed by atoms with E-state index in [0.29, 0.717) is 0 Å². The molecule has 1 fully saturated rings. The molecule has 1 unspecified atom stereocenters. The van der Waals surface area contributed by atoms with Crippen LogP contribution < -0.4 is 4.72 Å². The van der Waals surface area contributed by atoms with Crippen LogP contribution in [-0.4, -0.2) is 16.9 Å². The molecule has 0 bridgehead atoms. The summed E-state index contributed by atoms with van der Waals surface area (Å²) in [5, 5.41) is 0. The summed E-state index contributed by atoms with van der Waals surface area (Å²) in [6, 6.07) is 0. The van der Waals surface area contributed by atoms with Crippen LogP contribution in [0.4, 0.5) is 0 Å². The molecule has 1 atom stereocenters. The highest BCUT2D eigenvalue weighted by Gasteiger charge is 2.36. The molecule has 66 valence electrons. The molecule has 0 aromatic heterocycles. The fourth-order valence-corrected chi connectivity index (χ4v) is 2.14. The molecule has 1 N–H and O–H groups in total. The second-order valence-corrected chi connectivity index (χ2v) is 4.00. The van der Waals surface area contributed by atoms with Crippen molar-refractivity contribution in [2.75, 3.05) is 7.11 Å². The van der Waals surface area contributed by atoms with Gasteiger partial charge in [-0.25, -0.2) is 8.93 Å². The van der Waals surface area contributed by atoms with Gasteiger partial charge in [-0.15, -0.1) is 0 Å². The summed E-state index contributed by atoms with van der Waals surface area (Å²) in [5.74, 6) is 0. The predicted octanol–water partition coefficient (Wildman–Crippen LogP) is 1.13. The van der Waals surface area contributed by atoms with Gasteiger partial charge in [0.05, 0.1) is 7.11 Å². The molecule has 0 aromatic rings. The minimum atomic E-state index is -1.29. The molecule has 3 nitrogen and oxygen atoms in total. The Bertz CT molecular complexity index is 151. The summed E-state index contributed by atoms with van der Waals surface area (Å²) in [6.45, 7) is 2.11. The minimum Gasteiger partial charge on any atom is -0.282 e. The molecule has 0 amide bonds. The van der Waals surface area contributed by atoms with E-state index in [-0.39, 0.29) is 5.54 Å². The molecular weight excluding hydrogens is 162 g/mol. The number of nitrogens with one attached hydrogen (secondary N) is 1. The number of hydrogen-bond donors (Lipinski definition) is 1. The standard InChI is InChI=1S/C7H15NO2S/c1-3-7(5-4-6-7)8-11(9)10-2/h8H,3-6H2,1-2H3. The molecule has 0 radical (unpaired) electrons. The molecule has 1 aliphatic rings. The summed E-state index contributed by atoms with van der Waals surface area (Å²) in [6.07, 6.45) is 4.51. The fraction of sp³-hybridized carbons (Fsp3) is 1.00. The molecule has 4 heteroatoms. The highest BCUT2D eigenvalue weighted by atomic mass is 32.2. The van der Waals surface area contributed by atoms with Crippen LogP contribution in [0.5, 0.6) is 0 Å². The predicted molar refractivity (Wildman–Crippen MR) is 45.2 cm³/mol. The largest absolute Gasteiger partial charge is 0.282 e. The Labute approximate surface area is 70.3 Å². The summed E-state index contributed by atoms with van der Waals surface area (Å²) in [4.78, 5) is 0. The van der Waals surface area contributed by atoms with Crippen LogP contribution in [0, 0.1) is 0 Å². The number of rotatable bonds is 4. The molecule has 0 heterocycles. The van der Waals surface area contributed by atoms with Gasteiger partial charge in [-0.1, -0.05) is 6.92 Å². The Morgan fingerprint density at radius 2 is 2.27 bits per heavy atom. The van der Waals surface area contributed by atoms with E-state index < -0.39 is 11.3 Å². The van der Waals surface area contributed by atoms with Crippen molar-refractivity contribution >= 4 is 11.3 Å². The van der Waals surface area contributed by atoms with E-state index in [2.05, 4.69) is 15.8 Å². The van der Waals surface area contributed by atoms with Gasteiger partial charge < -0.3 is 0 Å². The van der Waals surface area contributed by atoms with Gasteiger partial charge in [0.25, 0.3) is 0 Å². The third kappa shape index (κ3) is 2.01. The van der Waals surface area contributed by atoms with Gasteiger partial charge in [0.1, 0.15) is 0 Å². The van der Waals surface area contributed by atoms with Crippen LogP contribution in [0.25, 0.3) is 0 Å². The molecular formula is C7H15NO2S. The van der Waals surface area contributed by atoms with Crippen LogP contribution in [0.2, 0.25) is 0 Å². The highest BCUT2D eigenvalue weighted by Crippen LogP contribution is 2.34. The lowest BCUT2D eigenvalue weighted by atomic mass is 9.76. The molecule has 1 rings (SSSR count). The summed E-state index contributed by atoms with van der Waals surface area (Å²) in [7, 11) is 1.45. The van der Waals surface area contributed by atoms with Crippen molar-refractivity contribution in [3.8, 4) is 0 Å². The molecule has 0 aliphatic heterocycles. The van der Waals surface area contributed by atoms with Crippen LogP contribution in [0.15, 0.2) is 0 Å². The lowest BCUT2D eigenvalue weighted by Gasteiger charge is -2.40. The topological polar surface area (TPSA) is 38.3 Å². The van der Waals surface area contributed by atoms with Crippen LogP contribution in [0.3, 0.4) is 0 Å². The Morgan fingerprint density at radius 1 is 1.64 bits per heavy atom. The van der Waals surface area contributed by atoms with E-state index in [1.807, 2.05) is 0 Å². The second-order valence-electron chi connectivity index (χ2n) is 2.99. The van der Waals surface area contributed by atoms with E-state index in [9.17, 15) is 4.21 Å². The first-order valence-electron chi connectivity index (χ1n) is 3.96. The molecule has 1 aliphatic carbocycles. The van der Waals surface area contributed by atoms with E-state index in [0.717, 1.165) is 19.3 Å². The third-order valence-corrected chi connectivity index (χ3v) is 3.34. The molecule has 0 spiro atoms. The molecule has 0 aromatic carbocycles. The lowest BCUT2D eigenvalue weighted by Crippen LogP contribution is -2.51. The first kappa shape index (κ1) is 9.16. The molecule has 11 heavy (non-hydrogen) atoms. The maximum atomic E-state index is 11.0. The van der Waals surface area contributed by atoms with Crippen LogP contribution in [0.1, 0.15) is 32.6 Å². The van der Waals surface area contributed by atoms with Crippen LogP contribution in [-0.2, 0) is 15.4 Å². The smallest absolute Gasteiger partial charge is 0.234 e. The normalized spacial score (nSPS) is 24.2. The van der Waals surface area contributed by atoms with Crippen molar-refractivity contribution in [3.05, 3.63) is 0 Å².